The second-order valence-electron chi connectivity index (χ2n) is 6.45. The molecule has 0 saturated heterocycles. The molecular formula is C20H36N4. The minimum atomic E-state index is 0.432. The summed E-state index contributed by atoms with van der Waals surface area (Å²) in [5, 5.41) is 0. The first kappa shape index (κ1) is 22.3. The quantitative estimate of drug-likeness (QED) is 0.764. The zero-order chi connectivity index (χ0) is 18.7. The van der Waals surface area contributed by atoms with E-state index in [1.807, 2.05) is 32.3 Å². The van der Waals surface area contributed by atoms with Gasteiger partial charge in [0.1, 0.15) is 11.6 Å². The molecule has 0 aliphatic heterocycles. The molecule has 1 N–H and O–H groups in total. The van der Waals surface area contributed by atoms with Crippen molar-refractivity contribution in [3.05, 3.63) is 41.5 Å². The first-order valence-corrected chi connectivity index (χ1v) is 9.21. The van der Waals surface area contributed by atoms with E-state index in [1.165, 1.54) is 5.69 Å². The van der Waals surface area contributed by atoms with Crippen LogP contribution in [0.5, 0.6) is 0 Å². The number of nitrogens with zero attached hydrogens (tertiary/aromatic N) is 3. The van der Waals surface area contributed by atoms with Crippen molar-refractivity contribution in [3.63, 3.8) is 0 Å². The average Bonchev–Trinajstić information content (AvgIpc) is 3.08. The molecule has 2 aromatic heterocycles. The van der Waals surface area contributed by atoms with Crippen LogP contribution in [-0.4, -0.2) is 19.9 Å². The molecule has 2 heterocycles. The van der Waals surface area contributed by atoms with Gasteiger partial charge in [-0.05, 0) is 18.4 Å². The fraction of sp³-hybridized carbons (Fsp3) is 0.650. The van der Waals surface area contributed by atoms with E-state index in [0.29, 0.717) is 17.8 Å². The van der Waals surface area contributed by atoms with Gasteiger partial charge in [0, 0.05) is 35.6 Å². The Morgan fingerprint density at radius 1 is 0.917 bits per heavy atom. The summed E-state index contributed by atoms with van der Waals surface area (Å²) in [5.74, 6) is 3.53. The van der Waals surface area contributed by atoms with Crippen LogP contribution in [0.4, 0.5) is 0 Å². The van der Waals surface area contributed by atoms with Gasteiger partial charge >= 0.3 is 0 Å². The summed E-state index contributed by atoms with van der Waals surface area (Å²) in [5.41, 5.74) is 2.36. The van der Waals surface area contributed by atoms with E-state index in [-0.39, 0.29) is 0 Å². The molecule has 0 aliphatic carbocycles. The normalized spacial score (nSPS) is 10.3. The van der Waals surface area contributed by atoms with Crippen LogP contribution in [0.3, 0.4) is 0 Å². The van der Waals surface area contributed by atoms with Gasteiger partial charge in [0.05, 0.1) is 0 Å². The van der Waals surface area contributed by atoms with E-state index in [1.54, 1.807) is 0 Å². The topological polar surface area (TPSA) is 54.5 Å². The molecule has 0 bridgehead atoms. The molecule has 0 fully saturated rings. The highest BCUT2D eigenvalue weighted by Gasteiger charge is 2.06. The van der Waals surface area contributed by atoms with Crippen molar-refractivity contribution in [2.45, 2.75) is 86.5 Å². The number of aromatic amines is 1. The Balaban J connectivity index is 0.000000400. The fourth-order valence-corrected chi connectivity index (χ4v) is 1.83. The molecule has 0 unspecified atom stereocenters. The van der Waals surface area contributed by atoms with E-state index in [9.17, 15) is 0 Å². The van der Waals surface area contributed by atoms with Crippen LogP contribution >= 0.6 is 0 Å². The third-order valence-electron chi connectivity index (χ3n) is 3.39. The maximum Gasteiger partial charge on any atom is 0.131 e. The van der Waals surface area contributed by atoms with Gasteiger partial charge in [-0.25, -0.2) is 15.0 Å². The molecule has 24 heavy (non-hydrogen) atoms. The highest BCUT2D eigenvalue weighted by Crippen LogP contribution is 2.15. The van der Waals surface area contributed by atoms with Crippen molar-refractivity contribution < 1.29 is 0 Å². The molecule has 0 aliphatic rings. The summed E-state index contributed by atoms with van der Waals surface area (Å²) in [4.78, 5) is 16.1. The molecule has 0 spiro atoms. The van der Waals surface area contributed by atoms with E-state index in [4.69, 9.17) is 0 Å². The number of H-pyrrole nitrogens is 1. The molecule has 0 radical (unpaired) electrons. The van der Waals surface area contributed by atoms with Crippen LogP contribution in [0.2, 0.25) is 0 Å². The second kappa shape index (κ2) is 11.8. The van der Waals surface area contributed by atoms with Gasteiger partial charge in [-0.2, -0.15) is 0 Å². The SMILES string of the molecule is CC.CC(C)c1cnc(C(C)C)[nH]1.CCc1ccnc(C(C)C)n1. The molecule has 0 atom stereocenters. The monoisotopic (exact) mass is 332 g/mol. The zero-order valence-electron chi connectivity index (χ0n) is 17.0. The summed E-state index contributed by atoms with van der Waals surface area (Å²) in [6.07, 6.45) is 4.75. The Morgan fingerprint density at radius 2 is 1.54 bits per heavy atom. The average molecular weight is 333 g/mol. The number of hydrogen-bond donors (Lipinski definition) is 1. The standard InChI is InChI=1S/C9H16N2.C9H14N2.C2H6/c1-6(2)8-5-10-9(11-8)7(3)4;1-4-8-5-6-10-9(11-8)7(2)3;1-2/h5-7H,1-4H3,(H,10,11);5-7H,4H2,1-3H3;1-2H3. The van der Waals surface area contributed by atoms with Gasteiger partial charge in [-0.1, -0.05) is 62.3 Å². The summed E-state index contributed by atoms with van der Waals surface area (Å²) in [7, 11) is 0. The van der Waals surface area contributed by atoms with Crippen molar-refractivity contribution in [1.82, 2.24) is 19.9 Å². The minimum absolute atomic E-state index is 0.432. The lowest BCUT2D eigenvalue weighted by atomic mass is 10.1. The maximum absolute atomic E-state index is 4.38. The van der Waals surface area contributed by atoms with Gasteiger partial charge < -0.3 is 4.98 Å². The highest BCUT2D eigenvalue weighted by atomic mass is 14.9. The third kappa shape index (κ3) is 7.71. The van der Waals surface area contributed by atoms with Gasteiger partial charge in [-0.3, -0.25) is 0 Å². The minimum Gasteiger partial charge on any atom is -0.345 e. The number of nitrogens with one attached hydrogen (secondary N) is 1. The lowest BCUT2D eigenvalue weighted by molar-refractivity contribution is 0.758. The second-order valence-corrected chi connectivity index (χ2v) is 6.45. The number of hydrogen-bond acceptors (Lipinski definition) is 3. The Hall–Kier alpha value is -1.71. The van der Waals surface area contributed by atoms with Gasteiger partial charge in [0.2, 0.25) is 0 Å². The van der Waals surface area contributed by atoms with Crippen LogP contribution in [0.1, 0.15) is 103 Å². The van der Waals surface area contributed by atoms with Crippen molar-refractivity contribution >= 4 is 0 Å². The number of aryl methyl sites for hydroxylation is 1. The summed E-state index contributed by atoms with van der Waals surface area (Å²) >= 11 is 0. The van der Waals surface area contributed by atoms with Crippen molar-refractivity contribution in [3.8, 4) is 0 Å². The van der Waals surface area contributed by atoms with Crippen LogP contribution in [0.15, 0.2) is 18.5 Å². The molecule has 2 aromatic rings. The maximum atomic E-state index is 4.38. The van der Waals surface area contributed by atoms with Crippen molar-refractivity contribution in [1.29, 1.82) is 0 Å². The van der Waals surface area contributed by atoms with Gasteiger partial charge in [0.25, 0.3) is 0 Å². The zero-order valence-corrected chi connectivity index (χ0v) is 17.0. The van der Waals surface area contributed by atoms with E-state index >= 15 is 0 Å². The smallest absolute Gasteiger partial charge is 0.131 e. The van der Waals surface area contributed by atoms with Crippen LogP contribution < -0.4 is 0 Å². The van der Waals surface area contributed by atoms with Crippen LogP contribution in [0.25, 0.3) is 0 Å². The fourth-order valence-electron chi connectivity index (χ4n) is 1.83. The summed E-state index contributed by atoms with van der Waals surface area (Å²) in [6, 6.07) is 1.96. The molecule has 0 saturated carbocycles. The number of aromatic nitrogens is 4. The lowest BCUT2D eigenvalue weighted by Crippen LogP contribution is -1.99. The van der Waals surface area contributed by atoms with Crippen LogP contribution in [-0.2, 0) is 6.42 Å². The molecule has 2 rings (SSSR count). The van der Waals surface area contributed by atoms with Gasteiger partial charge in [0.15, 0.2) is 0 Å². The summed E-state index contributed by atoms with van der Waals surface area (Å²) in [6.45, 7) is 18.9. The summed E-state index contributed by atoms with van der Waals surface area (Å²) < 4.78 is 0. The third-order valence-corrected chi connectivity index (χ3v) is 3.39. The van der Waals surface area contributed by atoms with Crippen molar-refractivity contribution in [2.24, 2.45) is 0 Å². The molecule has 4 heteroatoms. The Morgan fingerprint density at radius 3 is 1.92 bits per heavy atom. The molecule has 0 aromatic carbocycles. The largest absolute Gasteiger partial charge is 0.345 e. The first-order chi connectivity index (χ1) is 11.3. The Labute approximate surface area is 148 Å². The molecule has 136 valence electrons. The number of imidazole rings is 1. The van der Waals surface area contributed by atoms with Crippen LogP contribution in [0, 0.1) is 0 Å². The van der Waals surface area contributed by atoms with E-state index < -0.39 is 0 Å². The molecule has 0 amide bonds. The van der Waals surface area contributed by atoms with E-state index in [2.05, 4.69) is 68.4 Å². The predicted octanol–water partition coefficient (Wildman–Crippen LogP) is 5.85. The van der Waals surface area contributed by atoms with Gasteiger partial charge in [-0.15, -0.1) is 0 Å². The first-order valence-electron chi connectivity index (χ1n) is 9.21. The Kier molecular flexibility index (Phi) is 10.9. The highest BCUT2D eigenvalue weighted by molar-refractivity contribution is 5.07. The lowest BCUT2D eigenvalue weighted by Gasteiger charge is -2.03. The van der Waals surface area contributed by atoms with Crippen molar-refractivity contribution in [2.75, 3.05) is 0 Å². The molecular weight excluding hydrogens is 296 g/mol. The predicted molar refractivity (Wildman–Crippen MR) is 104 cm³/mol. The number of rotatable bonds is 4. The molecule has 4 nitrogen and oxygen atoms in total. The van der Waals surface area contributed by atoms with E-state index in [0.717, 1.165) is 23.8 Å². The Bertz CT molecular complexity index is 534.